The number of hydrogen-bond donors (Lipinski definition) is 0. The Kier molecular flexibility index (Phi) is 3.89. The van der Waals surface area contributed by atoms with Crippen LogP contribution < -0.4 is 0 Å². The van der Waals surface area contributed by atoms with Crippen molar-refractivity contribution >= 4 is 5.91 Å². The van der Waals surface area contributed by atoms with Gasteiger partial charge in [0.05, 0.1) is 5.54 Å². The van der Waals surface area contributed by atoms with Gasteiger partial charge in [-0.15, -0.1) is 0 Å². The predicted octanol–water partition coefficient (Wildman–Crippen LogP) is 4.59. The van der Waals surface area contributed by atoms with Crippen molar-refractivity contribution in [3.63, 3.8) is 0 Å². The fourth-order valence-corrected chi connectivity index (χ4v) is 6.06. The fourth-order valence-electron chi connectivity index (χ4n) is 6.06. The number of halogens is 1. The standard InChI is InChI=1S/C25H24FN3O/c26-19-8-6-18(7-9-19)25(12-11-23(30)28-16-17-5-10-20(28)15-17)22-4-2-1-3-21(22)24-27-13-14-29(24)25/h1-4,6-9,13-14,17,20H,5,10-12,15-16H2. The molecular weight excluding hydrogens is 377 g/mol. The summed E-state index contributed by atoms with van der Waals surface area (Å²) in [5.74, 6) is 1.59. The van der Waals surface area contributed by atoms with Gasteiger partial charge in [0, 0.05) is 37.0 Å². The lowest BCUT2D eigenvalue weighted by Crippen LogP contribution is -2.40. The Morgan fingerprint density at radius 1 is 1.13 bits per heavy atom. The smallest absolute Gasteiger partial charge is 0.222 e. The molecule has 152 valence electrons. The highest BCUT2D eigenvalue weighted by atomic mass is 19.1. The summed E-state index contributed by atoms with van der Waals surface area (Å²) in [4.78, 5) is 19.9. The van der Waals surface area contributed by atoms with Crippen LogP contribution in [-0.2, 0) is 10.3 Å². The number of likely N-dealkylation sites (tertiary alicyclic amines) is 1. The van der Waals surface area contributed by atoms with Crippen molar-refractivity contribution in [2.75, 3.05) is 6.54 Å². The summed E-state index contributed by atoms with van der Waals surface area (Å²) in [7, 11) is 0. The summed E-state index contributed by atoms with van der Waals surface area (Å²) in [6.45, 7) is 0.917. The SMILES string of the molecule is O=C(CCC1(c2ccc(F)cc2)c2ccccc2-c2nccn21)N1CC2CCC1C2. The summed E-state index contributed by atoms with van der Waals surface area (Å²) in [5.41, 5.74) is 2.66. The van der Waals surface area contributed by atoms with Crippen LogP contribution in [0.1, 0.15) is 43.2 Å². The zero-order chi connectivity index (χ0) is 20.3. The largest absolute Gasteiger partial charge is 0.339 e. The van der Waals surface area contributed by atoms with Crippen molar-refractivity contribution < 1.29 is 9.18 Å². The number of rotatable bonds is 4. The number of benzene rings is 2. The third-order valence-corrected chi connectivity index (χ3v) is 7.42. The summed E-state index contributed by atoms with van der Waals surface area (Å²) < 4.78 is 15.9. The molecule has 3 atom stereocenters. The molecule has 5 heteroatoms. The van der Waals surface area contributed by atoms with Gasteiger partial charge in [0.25, 0.3) is 0 Å². The van der Waals surface area contributed by atoms with E-state index in [0.29, 0.717) is 24.8 Å². The lowest BCUT2D eigenvalue weighted by Gasteiger charge is -2.35. The molecule has 2 fully saturated rings. The van der Waals surface area contributed by atoms with Gasteiger partial charge in [-0.05, 0) is 54.9 Å². The van der Waals surface area contributed by atoms with Crippen molar-refractivity contribution in [1.82, 2.24) is 14.5 Å². The number of nitrogens with zero attached hydrogens (tertiary/aromatic N) is 3. The Hall–Kier alpha value is -2.95. The van der Waals surface area contributed by atoms with Crippen molar-refractivity contribution in [2.24, 2.45) is 5.92 Å². The second kappa shape index (κ2) is 6.53. The first-order chi connectivity index (χ1) is 14.7. The summed E-state index contributed by atoms with van der Waals surface area (Å²) in [6, 6.07) is 15.4. The quantitative estimate of drug-likeness (QED) is 0.642. The minimum absolute atomic E-state index is 0.245. The van der Waals surface area contributed by atoms with Crippen LogP contribution >= 0.6 is 0 Å². The van der Waals surface area contributed by atoms with Gasteiger partial charge in [0.15, 0.2) is 0 Å². The van der Waals surface area contributed by atoms with Gasteiger partial charge in [0.2, 0.25) is 5.91 Å². The molecule has 30 heavy (non-hydrogen) atoms. The zero-order valence-electron chi connectivity index (χ0n) is 16.8. The molecule has 0 radical (unpaired) electrons. The van der Waals surface area contributed by atoms with E-state index in [-0.39, 0.29) is 11.7 Å². The Bertz CT molecular complexity index is 1120. The number of amides is 1. The van der Waals surface area contributed by atoms with Gasteiger partial charge in [-0.3, -0.25) is 4.79 Å². The molecule has 2 bridgehead atoms. The Balaban J connectivity index is 1.42. The molecule has 1 saturated heterocycles. The van der Waals surface area contributed by atoms with Crippen LogP contribution in [0.15, 0.2) is 60.9 Å². The maximum absolute atomic E-state index is 13.8. The summed E-state index contributed by atoms with van der Waals surface area (Å²) in [5, 5.41) is 0. The average molecular weight is 401 g/mol. The number of hydrogen-bond acceptors (Lipinski definition) is 2. The van der Waals surface area contributed by atoms with Crippen molar-refractivity contribution in [2.45, 2.75) is 43.7 Å². The van der Waals surface area contributed by atoms with E-state index in [0.717, 1.165) is 35.5 Å². The maximum Gasteiger partial charge on any atom is 0.222 e. The lowest BCUT2D eigenvalue weighted by atomic mass is 9.79. The molecule has 6 rings (SSSR count). The van der Waals surface area contributed by atoms with Gasteiger partial charge in [0.1, 0.15) is 11.6 Å². The van der Waals surface area contributed by atoms with Crippen molar-refractivity contribution in [3.8, 4) is 11.4 Å². The summed E-state index contributed by atoms with van der Waals surface area (Å²) in [6.07, 6.45) is 8.47. The maximum atomic E-state index is 13.8. The van der Waals surface area contributed by atoms with E-state index >= 15 is 0 Å². The molecule has 1 aromatic heterocycles. The van der Waals surface area contributed by atoms with Gasteiger partial charge < -0.3 is 9.47 Å². The highest BCUT2D eigenvalue weighted by molar-refractivity contribution is 5.78. The Morgan fingerprint density at radius 3 is 2.73 bits per heavy atom. The molecular formula is C25H24FN3O. The van der Waals surface area contributed by atoms with Gasteiger partial charge in [-0.2, -0.15) is 0 Å². The molecule has 3 heterocycles. The first kappa shape index (κ1) is 17.9. The van der Waals surface area contributed by atoms with Crippen molar-refractivity contribution in [3.05, 3.63) is 77.9 Å². The average Bonchev–Trinajstić information content (AvgIpc) is 3.55. The fraction of sp³-hybridized carbons (Fsp3) is 0.360. The molecule has 2 aromatic carbocycles. The third kappa shape index (κ3) is 2.44. The normalized spacial score (nSPS) is 26.1. The molecule has 1 saturated carbocycles. The predicted molar refractivity (Wildman–Crippen MR) is 112 cm³/mol. The minimum atomic E-state index is -0.551. The van der Waals surface area contributed by atoms with E-state index in [4.69, 9.17) is 0 Å². The number of aromatic nitrogens is 2. The molecule has 4 nitrogen and oxygen atoms in total. The van der Waals surface area contributed by atoms with Gasteiger partial charge in [-0.1, -0.05) is 36.4 Å². The Morgan fingerprint density at radius 2 is 1.97 bits per heavy atom. The van der Waals surface area contributed by atoms with Crippen LogP contribution in [0, 0.1) is 11.7 Å². The number of carbonyl (C=O) groups is 1. The van der Waals surface area contributed by atoms with Crippen LogP contribution in [-0.4, -0.2) is 32.9 Å². The molecule has 0 spiro atoms. The van der Waals surface area contributed by atoms with E-state index < -0.39 is 5.54 Å². The highest BCUT2D eigenvalue weighted by Gasteiger charge is 2.46. The van der Waals surface area contributed by atoms with Gasteiger partial charge >= 0.3 is 0 Å². The first-order valence-electron chi connectivity index (χ1n) is 10.9. The molecule has 3 unspecified atom stereocenters. The second-order valence-electron chi connectivity index (χ2n) is 8.91. The minimum Gasteiger partial charge on any atom is -0.339 e. The molecule has 1 amide bonds. The number of imidazole rings is 1. The van der Waals surface area contributed by atoms with Crippen molar-refractivity contribution in [1.29, 1.82) is 0 Å². The van der Waals surface area contributed by atoms with E-state index in [2.05, 4.69) is 26.6 Å². The Labute approximate surface area is 175 Å². The second-order valence-corrected chi connectivity index (χ2v) is 8.91. The molecule has 3 aromatic rings. The number of carbonyl (C=O) groups excluding carboxylic acids is 1. The van der Waals surface area contributed by atoms with Crippen LogP contribution in [0.5, 0.6) is 0 Å². The zero-order valence-corrected chi connectivity index (χ0v) is 16.8. The van der Waals surface area contributed by atoms with E-state index in [9.17, 15) is 9.18 Å². The first-order valence-corrected chi connectivity index (χ1v) is 10.9. The highest BCUT2D eigenvalue weighted by Crippen LogP contribution is 2.49. The van der Waals surface area contributed by atoms with Crippen LogP contribution in [0.2, 0.25) is 0 Å². The van der Waals surface area contributed by atoms with E-state index in [1.54, 1.807) is 0 Å². The topological polar surface area (TPSA) is 38.1 Å². The monoisotopic (exact) mass is 401 g/mol. The summed E-state index contributed by atoms with van der Waals surface area (Å²) >= 11 is 0. The molecule has 2 aliphatic heterocycles. The van der Waals surface area contributed by atoms with Crippen LogP contribution in [0.25, 0.3) is 11.4 Å². The molecule has 3 aliphatic rings. The lowest BCUT2D eigenvalue weighted by molar-refractivity contribution is -0.133. The van der Waals surface area contributed by atoms with Crippen LogP contribution in [0.4, 0.5) is 4.39 Å². The third-order valence-electron chi connectivity index (χ3n) is 7.42. The number of piperidine rings is 1. The molecule has 1 aliphatic carbocycles. The van der Waals surface area contributed by atoms with E-state index in [1.807, 2.05) is 36.7 Å². The van der Waals surface area contributed by atoms with Gasteiger partial charge in [-0.25, -0.2) is 9.37 Å². The number of fused-ring (bicyclic) bond motifs is 5. The van der Waals surface area contributed by atoms with E-state index in [1.165, 1.54) is 25.0 Å². The van der Waals surface area contributed by atoms with Crippen LogP contribution in [0.3, 0.4) is 0 Å². The molecule has 0 N–H and O–H groups in total.